The summed E-state index contributed by atoms with van der Waals surface area (Å²) < 4.78 is 0. The van der Waals surface area contributed by atoms with Crippen molar-refractivity contribution < 1.29 is 9.59 Å². The third-order valence-electron chi connectivity index (χ3n) is 4.27. The topological polar surface area (TPSA) is 40.6 Å². The summed E-state index contributed by atoms with van der Waals surface area (Å²) in [4.78, 5) is 28.2. The van der Waals surface area contributed by atoms with E-state index < -0.39 is 0 Å². The number of nitrogens with zero attached hydrogens (tertiary/aromatic N) is 2. The van der Waals surface area contributed by atoms with E-state index in [0.29, 0.717) is 13.1 Å². The molecule has 0 spiro atoms. The monoisotopic (exact) mass is 338 g/mol. The van der Waals surface area contributed by atoms with Gasteiger partial charge in [-0.25, -0.2) is 0 Å². The van der Waals surface area contributed by atoms with Gasteiger partial charge in [-0.05, 0) is 50.1 Å². The Bertz CT molecular complexity index is 755. The van der Waals surface area contributed by atoms with Crippen molar-refractivity contribution in [1.82, 2.24) is 0 Å². The molecule has 132 valence electrons. The second-order valence-corrected chi connectivity index (χ2v) is 6.18. The van der Waals surface area contributed by atoms with Gasteiger partial charge in [-0.3, -0.25) is 9.59 Å². The van der Waals surface area contributed by atoms with E-state index >= 15 is 0 Å². The summed E-state index contributed by atoms with van der Waals surface area (Å²) in [6, 6.07) is 15.7. The van der Waals surface area contributed by atoms with Crippen molar-refractivity contribution in [2.75, 3.05) is 22.9 Å². The van der Waals surface area contributed by atoms with Crippen LogP contribution in [0.5, 0.6) is 0 Å². The van der Waals surface area contributed by atoms with Gasteiger partial charge in [-0.1, -0.05) is 30.3 Å². The van der Waals surface area contributed by atoms with Gasteiger partial charge in [-0.2, -0.15) is 0 Å². The van der Waals surface area contributed by atoms with Gasteiger partial charge in [0.25, 0.3) is 0 Å². The molecule has 4 nitrogen and oxygen atoms in total. The first-order valence-corrected chi connectivity index (χ1v) is 8.64. The van der Waals surface area contributed by atoms with Crippen molar-refractivity contribution in [3.8, 4) is 0 Å². The van der Waals surface area contributed by atoms with Crippen LogP contribution in [0.15, 0.2) is 48.5 Å². The quantitative estimate of drug-likeness (QED) is 0.795. The number of rotatable bonds is 6. The average molecular weight is 338 g/mol. The molecule has 0 aliphatic rings. The first-order chi connectivity index (χ1) is 11.9. The number of para-hydroxylation sites is 1. The van der Waals surface area contributed by atoms with Gasteiger partial charge in [0.2, 0.25) is 11.8 Å². The molecular formula is C21H26N2O2. The lowest BCUT2D eigenvalue weighted by atomic mass is 10.1. The van der Waals surface area contributed by atoms with Crippen LogP contribution in [0.3, 0.4) is 0 Å². The van der Waals surface area contributed by atoms with Crippen molar-refractivity contribution in [3.63, 3.8) is 0 Å². The zero-order valence-corrected chi connectivity index (χ0v) is 15.5. The Kier molecular flexibility index (Phi) is 6.34. The maximum absolute atomic E-state index is 12.7. The smallest absolute Gasteiger partial charge is 0.228 e. The van der Waals surface area contributed by atoms with Gasteiger partial charge in [0, 0.05) is 37.8 Å². The summed E-state index contributed by atoms with van der Waals surface area (Å²) in [5.41, 5.74) is 3.91. The molecular weight excluding hydrogens is 312 g/mol. The molecule has 0 aliphatic carbocycles. The molecule has 4 heteroatoms. The lowest BCUT2D eigenvalue weighted by Gasteiger charge is -2.26. The predicted molar refractivity (Wildman–Crippen MR) is 103 cm³/mol. The van der Waals surface area contributed by atoms with Gasteiger partial charge in [0.15, 0.2) is 0 Å². The van der Waals surface area contributed by atoms with Crippen LogP contribution in [-0.2, 0) is 9.59 Å². The largest absolute Gasteiger partial charge is 0.313 e. The molecule has 0 unspecified atom stereocenters. The van der Waals surface area contributed by atoms with Crippen molar-refractivity contribution in [3.05, 3.63) is 59.7 Å². The van der Waals surface area contributed by atoms with Crippen LogP contribution in [0, 0.1) is 13.8 Å². The number of anilines is 2. The average Bonchev–Trinajstić information content (AvgIpc) is 2.57. The number of benzene rings is 2. The van der Waals surface area contributed by atoms with Gasteiger partial charge in [0.1, 0.15) is 0 Å². The number of carbonyl (C=O) groups is 2. The summed E-state index contributed by atoms with van der Waals surface area (Å²) in [7, 11) is 0. The molecule has 0 aromatic heterocycles. The van der Waals surface area contributed by atoms with Crippen LogP contribution in [0.2, 0.25) is 0 Å². The van der Waals surface area contributed by atoms with Gasteiger partial charge >= 0.3 is 0 Å². The molecule has 25 heavy (non-hydrogen) atoms. The van der Waals surface area contributed by atoms with E-state index in [-0.39, 0.29) is 18.2 Å². The summed E-state index contributed by atoms with van der Waals surface area (Å²) in [5.74, 6) is -0.0337. The summed E-state index contributed by atoms with van der Waals surface area (Å²) >= 11 is 0. The van der Waals surface area contributed by atoms with E-state index in [4.69, 9.17) is 0 Å². The standard InChI is InChI=1S/C21H26N2O2/c1-5-22(19-11-8-9-16(2)15-19)21(25)13-14-23(18(4)24)20-12-7-6-10-17(20)3/h6-12,15H,5,13-14H2,1-4H3. The van der Waals surface area contributed by atoms with Crippen LogP contribution in [0.1, 0.15) is 31.4 Å². The van der Waals surface area contributed by atoms with Crippen LogP contribution in [0.25, 0.3) is 0 Å². The van der Waals surface area contributed by atoms with Gasteiger partial charge < -0.3 is 9.80 Å². The lowest BCUT2D eigenvalue weighted by molar-refractivity contribution is -0.118. The fraction of sp³-hybridized carbons (Fsp3) is 0.333. The van der Waals surface area contributed by atoms with Crippen molar-refractivity contribution >= 4 is 23.2 Å². The number of hydrogen-bond donors (Lipinski definition) is 0. The highest BCUT2D eigenvalue weighted by Crippen LogP contribution is 2.21. The normalized spacial score (nSPS) is 10.4. The number of carbonyl (C=O) groups excluding carboxylic acids is 2. The molecule has 2 rings (SSSR count). The van der Waals surface area contributed by atoms with E-state index in [0.717, 1.165) is 22.5 Å². The highest BCUT2D eigenvalue weighted by atomic mass is 16.2. The SMILES string of the molecule is CCN(C(=O)CCN(C(C)=O)c1ccccc1C)c1cccc(C)c1. The third-order valence-corrected chi connectivity index (χ3v) is 4.27. The fourth-order valence-corrected chi connectivity index (χ4v) is 2.95. The van der Waals surface area contributed by atoms with Gasteiger partial charge in [0.05, 0.1) is 0 Å². The Morgan fingerprint density at radius 2 is 1.68 bits per heavy atom. The van der Waals surface area contributed by atoms with E-state index in [1.165, 1.54) is 6.92 Å². The Morgan fingerprint density at radius 1 is 0.960 bits per heavy atom. The Labute approximate surface area is 150 Å². The highest BCUT2D eigenvalue weighted by Gasteiger charge is 2.18. The highest BCUT2D eigenvalue weighted by molar-refractivity contribution is 5.96. The van der Waals surface area contributed by atoms with E-state index in [1.54, 1.807) is 9.80 Å². The minimum atomic E-state index is -0.0549. The van der Waals surface area contributed by atoms with E-state index in [9.17, 15) is 9.59 Å². The number of amides is 2. The molecule has 2 amide bonds. The maximum Gasteiger partial charge on any atom is 0.228 e. The fourth-order valence-electron chi connectivity index (χ4n) is 2.95. The molecule has 0 N–H and O–H groups in total. The molecule has 2 aromatic rings. The van der Waals surface area contributed by atoms with Crippen LogP contribution in [-0.4, -0.2) is 24.9 Å². The van der Waals surface area contributed by atoms with Crippen molar-refractivity contribution in [2.45, 2.75) is 34.1 Å². The molecule has 0 fully saturated rings. The Balaban J connectivity index is 2.13. The van der Waals surface area contributed by atoms with Crippen molar-refractivity contribution in [2.24, 2.45) is 0 Å². The zero-order valence-electron chi connectivity index (χ0n) is 15.5. The first-order valence-electron chi connectivity index (χ1n) is 8.64. The molecule has 0 saturated heterocycles. The van der Waals surface area contributed by atoms with E-state index in [2.05, 4.69) is 0 Å². The number of hydrogen-bond acceptors (Lipinski definition) is 2. The molecule has 0 atom stereocenters. The molecule has 0 bridgehead atoms. The van der Waals surface area contributed by atoms with Crippen LogP contribution < -0.4 is 9.80 Å². The predicted octanol–water partition coefficient (Wildman–Crippen LogP) is 4.10. The van der Waals surface area contributed by atoms with E-state index in [1.807, 2.05) is 69.3 Å². The zero-order chi connectivity index (χ0) is 18.4. The third kappa shape index (κ3) is 4.69. The number of aryl methyl sites for hydroxylation is 2. The summed E-state index contributed by atoms with van der Waals surface area (Å²) in [6.07, 6.45) is 0.287. The lowest BCUT2D eigenvalue weighted by Crippen LogP contribution is -2.36. The van der Waals surface area contributed by atoms with Crippen molar-refractivity contribution in [1.29, 1.82) is 0 Å². The molecule has 0 aliphatic heterocycles. The molecule has 2 aromatic carbocycles. The molecule has 0 heterocycles. The second kappa shape index (κ2) is 8.47. The van der Waals surface area contributed by atoms with Gasteiger partial charge in [-0.15, -0.1) is 0 Å². The minimum Gasteiger partial charge on any atom is -0.313 e. The maximum atomic E-state index is 12.7. The minimum absolute atomic E-state index is 0.0212. The summed E-state index contributed by atoms with van der Waals surface area (Å²) in [5, 5.41) is 0. The second-order valence-electron chi connectivity index (χ2n) is 6.18. The molecule has 0 saturated carbocycles. The Hall–Kier alpha value is -2.62. The molecule has 0 radical (unpaired) electrons. The van der Waals surface area contributed by atoms with Crippen LogP contribution >= 0.6 is 0 Å². The Morgan fingerprint density at radius 3 is 2.28 bits per heavy atom. The first kappa shape index (κ1) is 18.7. The summed E-state index contributed by atoms with van der Waals surface area (Å²) in [6.45, 7) is 8.46. The van der Waals surface area contributed by atoms with Crippen LogP contribution in [0.4, 0.5) is 11.4 Å².